The second kappa shape index (κ2) is 5.80. The average Bonchev–Trinajstić information content (AvgIpc) is 2.54. The minimum atomic E-state index is 0.0582. The quantitative estimate of drug-likeness (QED) is 0.892. The first-order chi connectivity index (χ1) is 9.83. The number of hydrogen-bond acceptors (Lipinski definition) is 3. The third-order valence-corrected chi connectivity index (χ3v) is 4.55. The van der Waals surface area contributed by atoms with E-state index in [2.05, 4.69) is 22.4 Å². The van der Waals surface area contributed by atoms with E-state index in [1.807, 2.05) is 24.4 Å². The minimum absolute atomic E-state index is 0.0582. The molecule has 1 saturated carbocycles. The van der Waals surface area contributed by atoms with Gasteiger partial charge in [0.05, 0.1) is 12.1 Å². The number of fused-ring (bicyclic) bond motifs is 1. The van der Waals surface area contributed by atoms with Crippen LogP contribution in [-0.2, 0) is 0 Å². The summed E-state index contributed by atoms with van der Waals surface area (Å²) in [5, 5.41) is 14.5. The molecule has 0 aliphatic heterocycles. The normalized spacial score (nSPS) is 18.1. The van der Waals surface area contributed by atoms with Crippen LogP contribution in [0.15, 0.2) is 36.5 Å². The second-order valence-corrected chi connectivity index (χ2v) is 5.95. The van der Waals surface area contributed by atoms with Crippen LogP contribution in [0.25, 0.3) is 10.9 Å². The largest absolute Gasteiger partial charge is 0.396 e. The number of aliphatic hydroxyl groups is 1. The van der Waals surface area contributed by atoms with E-state index in [9.17, 15) is 5.11 Å². The maximum absolute atomic E-state index is 9.78. The summed E-state index contributed by atoms with van der Waals surface area (Å²) in [5.41, 5.74) is 2.19. The number of aliphatic hydroxyl groups excluding tert-OH is 1. The van der Waals surface area contributed by atoms with Crippen LogP contribution in [0.4, 0.5) is 5.69 Å². The monoisotopic (exact) mass is 270 g/mol. The van der Waals surface area contributed by atoms with Crippen molar-refractivity contribution in [3.8, 4) is 0 Å². The van der Waals surface area contributed by atoms with Gasteiger partial charge in [0.1, 0.15) is 0 Å². The van der Waals surface area contributed by atoms with Crippen molar-refractivity contribution in [3.63, 3.8) is 0 Å². The molecule has 3 nitrogen and oxygen atoms in total. The van der Waals surface area contributed by atoms with E-state index in [1.165, 1.54) is 19.3 Å². The van der Waals surface area contributed by atoms with E-state index < -0.39 is 0 Å². The molecule has 0 atom stereocenters. The predicted octanol–water partition coefficient (Wildman–Crippen LogP) is 3.59. The first-order valence-corrected chi connectivity index (χ1v) is 7.52. The molecule has 0 saturated heterocycles. The summed E-state index contributed by atoms with van der Waals surface area (Å²) in [4.78, 5) is 4.38. The zero-order valence-electron chi connectivity index (χ0n) is 11.8. The van der Waals surface area contributed by atoms with Crippen LogP contribution < -0.4 is 5.32 Å². The van der Waals surface area contributed by atoms with Gasteiger partial charge in [0.15, 0.2) is 0 Å². The second-order valence-electron chi connectivity index (χ2n) is 5.95. The summed E-state index contributed by atoms with van der Waals surface area (Å²) in [6.07, 6.45) is 7.85. The number of nitrogens with one attached hydrogen (secondary N) is 1. The zero-order chi connectivity index (χ0) is 13.8. The lowest BCUT2D eigenvalue weighted by molar-refractivity contribution is 0.0944. The third kappa shape index (κ3) is 2.63. The highest BCUT2D eigenvalue weighted by Gasteiger charge is 2.31. The minimum Gasteiger partial charge on any atom is -0.396 e. The number of benzene rings is 1. The smallest absolute Gasteiger partial charge is 0.0722 e. The van der Waals surface area contributed by atoms with Crippen molar-refractivity contribution in [1.29, 1.82) is 0 Å². The Labute approximate surface area is 120 Å². The molecule has 1 aromatic carbocycles. The van der Waals surface area contributed by atoms with Crippen molar-refractivity contribution in [2.45, 2.75) is 32.1 Å². The molecule has 1 aliphatic rings. The molecular formula is C17H22N2O. The summed E-state index contributed by atoms with van der Waals surface area (Å²) >= 11 is 0. The number of aromatic nitrogens is 1. The Balaban J connectivity index is 1.79. The van der Waals surface area contributed by atoms with Gasteiger partial charge in [-0.3, -0.25) is 4.98 Å². The molecule has 2 aromatic rings. The van der Waals surface area contributed by atoms with Crippen molar-refractivity contribution < 1.29 is 5.11 Å². The summed E-state index contributed by atoms with van der Waals surface area (Å²) in [5.74, 6) is 0. The molecule has 2 N–H and O–H groups in total. The first kappa shape index (κ1) is 13.4. The summed E-state index contributed by atoms with van der Waals surface area (Å²) in [7, 11) is 0. The summed E-state index contributed by atoms with van der Waals surface area (Å²) in [6, 6.07) is 10.2. The molecular weight excluding hydrogens is 248 g/mol. The molecule has 0 amide bonds. The number of pyridine rings is 1. The summed E-state index contributed by atoms with van der Waals surface area (Å²) in [6.45, 7) is 1.13. The van der Waals surface area contributed by atoms with Gasteiger partial charge in [-0.15, -0.1) is 0 Å². The molecule has 3 heteroatoms. The van der Waals surface area contributed by atoms with Gasteiger partial charge in [-0.05, 0) is 37.1 Å². The molecule has 1 aromatic heterocycles. The lowest BCUT2D eigenvalue weighted by Gasteiger charge is -2.36. The predicted molar refractivity (Wildman–Crippen MR) is 82.8 cm³/mol. The lowest BCUT2D eigenvalue weighted by atomic mass is 9.74. The highest BCUT2D eigenvalue weighted by molar-refractivity contribution is 5.91. The van der Waals surface area contributed by atoms with Gasteiger partial charge in [-0.1, -0.05) is 25.3 Å². The molecule has 0 spiro atoms. The third-order valence-electron chi connectivity index (χ3n) is 4.55. The van der Waals surface area contributed by atoms with E-state index in [4.69, 9.17) is 0 Å². The molecule has 1 fully saturated rings. The molecule has 1 heterocycles. The molecule has 1 aliphatic carbocycles. The molecule has 106 valence electrons. The van der Waals surface area contributed by atoms with Gasteiger partial charge in [0.2, 0.25) is 0 Å². The maximum Gasteiger partial charge on any atom is 0.0722 e. The van der Waals surface area contributed by atoms with Crippen molar-refractivity contribution in [2.75, 3.05) is 18.5 Å². The Morgan fingerprint density at radius 1 is 1.10 bits per heavy atom. The SMILES string of the molecule is OCC1(CNc2cccc3ncccc23)CCCCC1. The Morgan fingerprint density at radius 3 is 2.75 bits per heavy atom. The van der Waals surface area contributed by atoms with Crippen molar-refractivity contribution >= 4 is 16.6 Å². The van der Waals surface area contributed by atoms with Gasteiger partial charge in [0, 0.05) is 29.2 Å². The van der Waals surface area contributed by atoms with Crippen LogP contribution in [0.2, 0.25) is 0 Å². The van der Waals surface area contributed by atoms with Gasteiger partial charge in [-0.2, -0.15) is 0 Å². The van der Waals surface area contributed by atoms with Crippen molar-refractivity contribution in [2.24, 2.45) is 5.41 Å². The van der Waals surface area contributed by atoms with Gasteiger partial charge < -0.3 is 10.4 Å². The highest BCUT2D eigenvalue weighted by atomic mass is 16.3. The zero-order valence-corrected chi connectivity index (χ0v) is 11.8. The van der Waals surface area contributed by atoms with Crippen molar-refractivity contribution in [3.05, 3.63) is 36.5 Å². The highest BCUT2D eigenvalue weighted by Crippen LogP contribution is 2.36. The van der Waals surface area contributed by atoms with Crippen LogP contribution in [0.3, 0.4) is 0 Å². The molecule has 3 rings (SSSR count). The fourth-order valence-corrected chi connectivity index (χ4v) is 3.23. The fourth-order valence-electron chi connectivity index (χ4n) is 3.23. The van der Waals surface area contributed by atoms with E-state index in [1.54, 1.807) is 0 Å². The lowest BCUT2D eigenvalue weighted by Crippen LogP contribution is -2.35. The Morgan fingerprint density at radius 2 is 1.95 bits per heavy atom. The number of rotatable bonds is 4. The van der Waals surface area contributed by atoms with Crippen LogP contribution >= 0.6 is 0 Å². The van der Waals surface area contributed by atoms with E-state index >= 15 is 0 Å². The first-order valence-electron chi connectivity index (χ1n) is 7.52. The molecule has 0 unspecified atom stereocenters. The Bertz CT molecular complexity index is 571. The topological polar surface area (TPSA) is 45.1 Å². The van der Waals surface area contributed by atoms with Crippen LogP contribution in [0.1, 0.15) is 32.1 Å². The Kier molecular flexibility index (Phi) is 3.88. The van der Waals surface area contributed by atoms with E-state index in [0.29, 0.717) is 0 Å². The molecule has 0 radical (unpaired) electrons. The van der Waals surface area contributed by atoms with Crippen molar-refractivity contribution in [1.82, 2.24) is 4.98 Å². The maximum atomic E-state index is 9.78. The fraction of sp³-hybridized carbons (Fsp3) is 0.471. The Hall–Kier alpha value is -1.61. The molecule has 0 bridgehead atoms. The van der Waals surface area contributed by atoms with Crippen LogP contribution in [0.5, 0.6) is 0 Å². The van der Waals surface area contributed by atoms with E-state index in [0.717, 1.165) is 36.0 Å². The van der Waals surface area contributed by atoms with Gasteiger partial charge in [-0.25, -0.2) is 0 Å². The standard InChI is InChI=1S/C17H22N2O/c20-13-17(9-2-1-3-10-17)12-19-16-8-4-7-15-14(16)6-5-11-18-15/h4-8,11,19-20H,1-3,9-10,12-13H2. The van der Waals surface area contributed by atoms with E-state index in [-0.39, 0.29) is 12.0 Å². The number of nitrogens with zero attached hydrogens (tertiary/aromatic N) is 1. The number of hydrogen-bond donors (Lipinski definition) is 2. The van der Waals surface area contributed by atoms with Crippen LogP contribution in [-0.4, -0.2) is 23.2 Å². The average molecular weight is 270 g/mol. The number of anilines is 1. The summed E-state index contributed by atoms with van der Waals surface area (Å²) < 4.78 is 0. The van der Waals surface area contributed by atoms with Gasteiger partial charge >= 0.3 is 0 Å². The van der Waals surface area contributed by atoms with Crippen LogP contribution in [0, 0.1) is 5.41 Å². The van der Waals surface area contributed by atoms with Gasteiger partial charge in [0.25, 0.3) is 0 Å². The molecule has 20 heavy (non-hydrogen) atoms.